The van der Waals surface area contributed by atoms with E-state index < -0.39 is 21.0 Å². The SMILES string of the molecule is NS(=O)(=O)c1ccc(C(=O)N2CCNCC2c2cccc(Cl)c2)o1. The van der Waals surface area contributed by atoms with E-state index in [1.54, 1.807) is 17.0 Å². The Hall–Kier alpha value is -1.87. The van der Waals surface area contributed by atoms with Crippen LogP contribution < -0.4 is 10.5 Å². The minimum atomic E-state index is -3.98. The van der Waals surface area contributed by atoms with E-state index in [0.29, 0.717) is 24.7 Å². The lowest BCUT2D eigenvalue weighted by Crippen LogP contribution is -2.48. The first kappa shape index (κ1) is 17.0. The van der Waals surface area contributed by atoms with E-state index in [4.69, 9.17) is 21.2 Å². The molecule has 0 spiro atoms. The number of hydrogen-bond acceptors (Lipinski definition) is 5. The molecular formula is C15H16ClN3O4S. The fraction of sp³-hybridized carbons (Fsp3) is 0.267. The fourth-order valence-electron chi connectivity index (χ4n) is 2.69. The monoisotopic (exact) mass is 369 g/mol. The van der Waals surface area contributed by atoms with Crippen molar-refractivity contribution in [3.8, 4) is 0 Å². The first-order valence-corrected chi connectivity index (χ1v) is 9.18. The Morgan fingerprint density at radius 3 is 2.79 bits per heavy atom. The van der Waals surface area contributed by atoms with Crippen molar-refractivity contribution >= 4 is 27.5 Å². The zero-order valence-corrected chi connectivity index (χ0v) is 14.2. The first-order valence-electron chi connectivity index (χ1n) is 7.26. The van der Waals surface area contributed by atoms with Crippen molar-refractivity contribution in [3.63, 3.8) is 0 Å². The van der Waals surface area contributed by atoms with Gasteiger partial charge >= 0.3 is 0 Å². The number of halogens is 1. The van der Waals surface area contributed by atoms with Crippen LogP contribution >= 0.6 is 11.6 Å². The van der Waals surface area contributed by atoms with E-state index in [-0.39, 0.29) is 11.8 Å². The molecule has 2 aromatic rings. The molecule has 1 saturated heterocycles. The van der Waals surface area contributed by atoms with Crippen molar-refractivity contribution in [1.82, 2.24) is 10.2 Å². The maximum Gasteiger partial charge on any atom is 0.290 e. The average Bonchev–Trinajstić information content (AvgIpc) is 3.04. The summed E-state index contributed by atoms with van der Waals surface area (Å²) in [6.07, 6.45) is 0. The lowest BCUT2D eigenvalue weighted by atomic mass is 10.0. The van der Waals surface area contributed by atoms with E-state index in [9.17, 15) is 13.2 Å². The number of nitrogens with one attached hydrogen (secondary N) is 1. The highest BCUT2D eigenvalue weighted by atomic mass is 35.5. The molecular weight excluding hydrogens is 354 g/mol. The van der Waals surface area contributed by atoms with Crippen LogP contribution in [0.3, 0.4) is 0 Å². The van der Waals surface area contributed by atoms with Crippen LogP contribution in [0.2, 0.25) is 5.02 Å². The van der Waals surface area contributed by atoms with Crippen molar-refractivity contribution in [2.24, 2.45) is 5.14 Å². The number of carbonyl (C=O) groups is 1. The van der Waals surface area contributed by atoms with E-state index in [2.05, 4.69) is 5.32 Å². The molecule has 1 aliphatic heterocycles. The molecule has 24 heavy (non-hydrogen) atoms. The zero-order valence-electron chi connectivity index (χ0n) is 12.6. The van der Waals surface area contributed by atoms with Crippen molar-refractivity contribution in [2.45, 2.75) is 11.1 Å². The second kappa shape index (κ2) is 6.56. The number of nitrogens with two attached hydrogens (primary N) is 1. The first-order chi connectivity index (χ1) is 11.4. The van der Waals surface area contributed by atoms with Gasteiger partial charge in [-0.25, -0.2) is 13.6 Å². The largest absolute Gasteiger partial charge is 0.438 e. The van der Waals surface area contributed by atoms with Crippen molar-refractivity contribution < 1.29 is 17.6 Å². The Labute approximate surface area is 144 Å². The van der Waals surface area contributed by atoms with E-state index >= 15 is 0 Å². The van der Waals surface area contributed by atoms with Gasteiger partial charge in [-0.2, -0.15) is 0 Å². The number of nitrogens with zero attached hydrogens (tertiary/aromatic N) is 1. The summed E-state index contributed by atoms with van der Waals surface area (Å²) in [5.41, 5.74) is 0.890. The minimum absolute atomic E-state index is 0.0621. The molecule has 3 N–H and O–H groups in total. The van der Waals surface area contributed by atoms with Gasteiger partial charge in [0.15, 0.2) is 5.76 Å². The third-order valence-electron chi connectivity index (χ3n) is 3.81. The summed E-state index contributed by atoms with van der Waals surface area (Å²) in [5, 5.41) is 8.40. The highest BCUT2D eigenvalue weighted by Gasteiger charge is 2.31. The third-order valence-corrected chi connectivity index (χ3v) is 4.83. The Morgan fingerprint density at radius 2 is 2.12 bits per heavy atom. The van der Waals surface area contributed by atoms with E-state index in [1.165, 1.54) is 12.1 Å². The predicted octanol–water partition coefficient (Wildman–Crippen LogP) is 1.37. The highest BCUT2D eigenvalue weighted by Crippen LogP contribution is 2.27. The molecule has 1 aromatic heterocycles. The van der Waals surface area contributed by atoms with Gasteiger partial charge in [0.05, 0.1) is 6.04 Å². The van der Waals surface area contributed by atoms with Crippen LogP contribution in [0.25, 0.3) is 0 Å². The summed E-state index contributed by atoms with van der Waals surface area (Å²) in [5.74, 6) is -0.454. The molecule has 9 heteroatoms. The quantitative estimate of drug-likeness (QED) is 0.849. The normalized spacial score (nSPS) is 18.6. The van der Waals surface area contributed by atoms with Crippen molar-refractivity contribution in [1.29, 1.82) is 0 Å². The summed E-state index contributed by atoms with van der Waals surface area (Å²) in [7, 11) is -3.98. The van der Waals surface area contributed by atoms with Crippen LogP contribution in [0.5, 0.6) is 0 Å². The summed E-state index contributed by atoms with van der Waals surface area (Å²) >= 11 is 6.04. The van der Waals surface area contributed by atoms with Crippen LogP contribution in [-0.4, -0.2) is 38.9 Å². The summed E-state index contributed by atoms with van der Waals surface area (Å²) < 4.78 is 27.7. The maximum atomic E-state index is 12.7. The van der Waals surface area contributed by atoms with Crippen molar-refractivity contribution in [2.75, 3.05) is 19.6 Å². The van der Waals surface area contributed by atoms with Gasteiger partial charge in [0.2, 0.25) is 5.09 Å². The van der Waals surface area contributed by atoms with Gasteiger partial charge in [-0.15, -0.1) is 0 Å². The molecule has 0 radical (unpaired) electrons. The fourth-order valence-corrected chi connectivity index (χ4v) is 3.35. The molecule has 0 saturated carbocycles. The number of primary sulfonamides is 1. The molecule has 2 heterocycles. The molecule has 1 unspecified atom stereocenters. The summed E-state index contributed by atoms with van der Waals surface area (Å²) in [6, 6.07) is 9.55. The van der Waals surface area contributed by atoms with Gasteiger partial charge in [0.25, 0.3) is 15.9 Å². The number of hydrogen-bond donors (Lipinski definition) is 2. The number of piperazine rings is 1. The Bertz CT molecular complexity index is 865. The van der Waals surface area contributed by atoms with Crippen LogP contribution in [0.1, 0.15) is 22.2 Å². The second-order valence-corrected chi connectivity index (χ2v) is 7.37. The molecule has 1 aromatic carbocycles. The Kier molecular flexibility index (Phi) is 4.64. The highest BCUT2D eigenvalue weighted by molar-refractivity contribution is 7.89. The number of rotatable bonds is 3. The van der Waals surface area contributed by atoms with Crippen LogP contribution in [0.15, 0.2) is 45.9 Å². The number of furan rings is 1. The smallest absolute Gasteiger partial charge is 0.290 e. The van der Waals surface area contributed by atoms with Gasteiger partial charge in [-0.3, -0.25) is 4.79 Å². The minimum Gasteiger partial charge on any atom is -0.438 e. The summed E-state index contributed by atoms with van der Waals surface area (Å²) in [4.78, 5) is 14.4. The maximum absolute atomic E-state index is 12.7. The molecule has 128 valence electrons. The van der Waals surface area contributed by atoms with Crippen LogP contribution in [-0.2, 0) is 10.0 Å². The number of sulfonamides is 1. The molecule has 1 atom stereocenters. The standard InChI is InChI=1S/C15H16ClN3O4S/c16-11-3-1-2-10(8-11)12-9-18-6-7-19(12)15(20)13-4-5-14(23-13)24(17,21)22/h1-5,8,12,18H,6-7,9H2,(H2,17,21,22). The third kappa shape index (κ3) is 3.46. The van der Waals surface area contributed by atoms with E-state index in [0.717, 1.165) is 5.56 Å². The van der Waals surface area contributed by atoms with Gasteiger partial charge < -0.3 is 14.6 Å². The Balaban J connectivity index is 1.90. The second-order valence-electron chi connectivity index (χ2n) is 5.44. The van der Waals surface area contributed by atoms with Crippen molar-refractivity contribution in [3.05, 3.63) is 52.7 Å². The molecule has 1 aliphatic rings. The number of carbonyl (C=O) groups excluding carboxylic acids is 1. The number of amides is 1. The zero-order chi connectivity index (χ0) is 17.3. The van der Waals surface area contributed by atoms with Gasteiger partial charge in [0, 0.05) is 24.7 Å². The summed E-state index contributed by atoms with van der Waals surface area (Å²) in [6.45, 7) is 1.65. The molecule has 0 aliphatic carbocycles. The number of benzene rings is 1. The van der Waals surface area contributed by atoms with Crippen LogP contribution in [0, 0.1) is 0 Å². The molecule has 3 rings (SSSR count). The van der Waals surface area contributed by atoms with E-state index in [1.807, 2.05) is 12.1 Å². The Morgan fingerprint density at radius 1 is 1.33 bits per heavy atom. The molecule has 7 nitrogen and oxygen atoms in total. The van der Waals surface area contributed by atoms with Crippen LogP contribution in [0.4, 0.5) is 0 Å². The lowest BCUT2D eigenvalue weighted by Gasteiger charge is -2.36. The molecule has 1 fully saturated rings. The lowest BCUT2D eigenvalue weighted by molar-refractivity contribution is 0.0596. The topological polar surface area (TPSA) is 106 Å². The van der Waals surface area contributed by atoms with Gasteiger partial charge in [-0.05, 0) is 29.8 Å². The van der Waals surface area contributed by atoms with Gasteiger partial charge in [0.1, 0.15) is 0 Å². The molecule has 1 amide bonds. The van der Waals surface area contributed by atoms with Gasteiger partial charge in [-0.1, -0.05) is 23.7 Å². The molecule has 0 bridgehead atoms. The predicted molar refractivity (Wildman–Crippen MR) is 88.2 cm³/mol. The average molecular weight is 370 g/mol.